The number of ether oxygens (including phenoxy) is 1. The molecule has 0 heterocycles. The lowest BCUT2D eigenvalue weighted by Crippen LogP contribution is -2.17. The Kier molecular flexibility index (Phi) is 2.04. The molecule has 0 fully saturated rings. The first-order chi connectivity index (χ1) is 6.54. The predicted molar refractivity (Wildman–Crippen MR) is 54.8 cm³/mol. The van der Waals surface area contributed by atoms with Crippen LogP contribution in [0.1, 0.15) is 25.0 Å². The third-order valence-electron chi connectivity index (χ3n) is 2.84. The van der Waals surface area contributed by atoms with Crippen LogP contribution in [0.15, 0.2) is 18.2 Å². The molecule has 0 unspecified atom stereocenters. The van der Waals surface area contributed by atoms with Crippen LogP contribution in [0, 0.1) is 11.5 Å². The van der Waals surface area contributed by atoms with Crippen LogP contribution >= 0.6 is 0 Å². The number of hydrogen-bond acceptors (Lipinski definition) is 2. The fourth-order valence-corrected chi connectivity index (χ4v) is 2.00. The van der Waals surface area contributed by atoms with Crippen molar-refractivity contribution in [3.8, 4) is 5.75 Å². The molecule has 2 rings (SSSR count). The Hall–Kier alpha value is -1.02. The molecule has 14 heavy (non-hydrogen) atoms. The number of hydrogen-bond donors (Lipinski definition) is 1. The average Bonchev–Trinajstić information content (AvgIpc) is 2.37. The van der Waals surface area contributed by atoms with Crippen LogP contribution in [0.25, 0.3) is 0 Å². The van der Waals surface area contributed by atoms with Gasteiger partial charge in [-0.25, -0.2) is 0 Å². The maximum atomic E-state index is 9.95. The van der Waals surface area contributed by atoms with Gasteiger partial charge in [-0.1, -0.05) is 19.9 Å². The Morgan fingerprint density at radius 3 is 2.71 bits per heavy atom. The molecule has 0 saturated carbocycles. The minimum atomic E-state index is -0.130. The molecule has 1 aliphatic rings. The van der Waals surface area contributed by atoms with Crippen molar-refractivity contribution in [2.75, 3.05) is 7.11 Å². The van der Waals surface area contributed by atoms with Gasteiger partial charge < -0.3 is 9.84 Å². The fraction of sp³-hybridized carbons (Fsp3) is 0.417. The molecular weight excluding hydrogens is 176 g/mol. The van der Waals surface area contributed by atoms with E-state index in [4.69, 9.17) is 4.74 Å². The summed E-state index contributed by atoms with van der Waals surface area (Å²) in [6.45, 7) is 4.10. The minimum Gasteiger partial charge on any atom is -0.497 e. The van der Waals surface area contributed by atoms with Crippen LogP contribution in [0.3, 0.4) is 0 Å². The largest absolute Gasteiger partial charge is 0.497 e. The van der Waals surface area contributed by atoms with Gasteiger partial charge >= 0.3 is 0 Å². The van der Waals surface area contributed by atoms with Crippen molar-refractivity contribution in [3.05, 3.63) is 35.4 Å². The second kappa shape index (κ2) is 2.99. The minimum absolute atomic E-state index is 0.130. The number of fused-ring (bicyclic) bond motifs is 1. The van der Waals surface area contributed by atoms with Crippen molar-refractivity contribution in [1.29, 1.82) is 0 Å². The van der Waals surface area contributed by atoms with Crippen molar-refractivity contribution >= 4 is 0 Å². The molecule has 0 amide bonds. The Morgan fingerprint density at radius 2 is 2.07 bits per heavy atom. The van der Waals surface area contributed by atoms with E-state index < -0.39 is 0 Å². The summed E-state index contributed by atoms with van der Waals surface area (Å²) in [6.07, 6.45) is 1.38. The summed E-state index contributed by atoms with van der Waals surface area (Å²) in [5, 5.41) is 9.95. The highest BCUT2D eigenvalue weighted by Crippen LogP contribution is 2.45. The lowest BCUT2D eigenvalue weighted by Gasteiger charge is -2.20. The number of methoxy groups -OCH3 is 1. The first-order valence-corrected chi connectivity index (χ1v) is 4.78. The SMILES string of the molecule is COc1ccc2c(c1)CC(C)(C)[C]2O. The Bertz CT molecular complexity index is 355. The van der Waals surface area contributed by atoms with E-state index in [1.54, 1.807) is 7.11 Å². The van der Waals surface area contributed by atoms with Crippen LogP contribution in [0.2, 0.25) is 0 Å². The summed E-state index contributed by atoms with van der Waals surface area (Å²) in [7, 11) is 1.66. The molecule has 1 radical (unpaired) electrons. The second-order valence-corrected chi connectivity index (χ2v) is 4.43. The highest BCUT2D eigenvalue weighted by molar-refractivity contribution is 5.48. The summed E-state index contributed by atoms with van der Waals surface area (Å²) in [5.74, 6) is 0.856. The van der Waals surface area contributed by atoms with E-state index in [0.717, 1.165) is 17.7 Å². The van der Waals surface area contributed by atoms with Crippen molar-refractivity contribution in [2.24, 2.45) is 5.41 Å². The zero-order valence-electron chi connectivity index (χ0n) is 8.79. The average molecular weight is 191 g/mol. The van der Waals surface area contributed by atoms with Crippen molar-refractivity contribution in [3.63, 3.8) is 0 Å². The van der Waals surface area contributed by atoms with Crippen LogP contribution in [-0.4, -0.2) is 12.2 Å². The summed E-state index contributed by atoms with van der Waals surface area (Å²) in [4.78, 5) is 0. The van der Waals surface area contributed by atoms with E-state index in [0.29, 0.717) is 6.10 Å². The van der Waals surface area contributed by atoms with Crippen LogP contribution in [-0.2, 0) is 6.42 Å². The molecule has 0 atom stereocenters. The monoisotopic (exact) mass is 191 g/mol. The molecule has 0 aromatic heterocycles. The Morgan fingerprint density at radius 1 is 1.36 bits per heavy atom. The van der Waals surface area contributed by atoms with Crippen LogP contribution < -0.4 is 4.74 Å². The van der Waals surface area contributed by atoms with E-state index in [-0.39, 0.29) is 5.41 Å². The molecule has 2 nitrogen and oxygen atoms in total. The molecule has 0 spiro atoms. The maximum absolute atomic E-state index is 9.95. The van der Waals surface area contributed by atoms with Gasteiger partial charge in [0.05, 0.1) is 7.11 Å². The first-order valence-electron chi connectivity index (χ1n) is 4.78. The van der Waals surface area contributed by atoms with E-state index in [2.05, 4.69) is 13.8 Å². The van der Waals surface area contributed by atoms with Gasteiger partial charge in [-0.15, -0.1) is 0 Å². The van der Waals surface area contributed by atoms with Crippen molar-refractivity contribution in [2.45, 2.75) is 20.3 Å². The van der Waals surface area contributed by atoms with Gasteiger partial charge in [0.1, 0.15) is 11.9 Å². The summed E-state index contributed by atoms with van der Waals surface area (Å²) in [6, 6.07) is 5.81. The number of rotatable bonds is 1. The van der Waals surface area contributed by atoms with Gasteiger partial charge in [0.2, 0.25) is 0 Å². The maximum Gasteiger partial charge on any atom is 0.129 e. The van der Waals surface area contributed by atoms with Gasteiger partial charge in [0, 0.05) is 5.41 Å². The lowest BCUT2D eigenvalue weighted by atomic mass is 9.88. The lowest BCUT2D eigenvalue weighted by molar-refractivity contribution is 0.204. The highest BCUT2D eigenvalue weighted by atomic mass is 16.5. The molecule has 1 aromatic rings. The van der Waals surface area contributed by atoms with E-state index >= 15 is 0 Å². The third kappa shape index (κ3) is 1.30. The molecule has 0 saturated heterocycles. The number of aliphatic hydroxyl groups excluding tert-OH is 1. The zero-order valence-corrected chi connectivity index (χ0v) is 8.79. The third-order valence-corrected chi connectivity index (χ3v) is 2.84. The van der Waals surface area contributed by atoms with Gasteiger partial charge in [-0.05, 0) is 29.7 Å². The molecule has 1 aliphatic carbocycles. The van der Waals surface area contributed by atoms with Crippen LogP contribution in [0.4, 0.5) is 0 Å². The standard InChI is InChI=1S/C12H15O2/c1-12(2)7-8-6-9(14-3)4-5-10(8)11(12)13/h4-6,13H,7H2,1-3H3. The van der Waals surface area contributed by atoms with Crippen LogP contribution in [0.5, 0.6) is 5.75 Å². The zero-order chi connectivity index (χ0) is 10.3. The molecule has 75 valence electrons. The number of aliphatic hydroxyl groups is 1. The van der Waals surface area contributed by atoms with Crippen molar-refractivity contribution in [1.82, 2.24) is 0 Å². The molecular formula is C12H15O2. The first kappa shape index (κ1) is 9.53. The predicted octanol–water partition coefficient (Wildman–Crippen LogP) is 2.53. The second-order valence-electron chi connectivity index (χ2n) is 4.43. The molecule has 0 bridgehead atoms. The van der Waals surface area contributed by atoms with Gasteiger partial charge in [0.25, 0.3) is 0 Å². The summed E-state index contributed by atoms with van der Waals surface area (Å²) < 4.78 is 5.15. The van der Waals surface area contributed by atoms with E-state index in [1.165, 1.54) is 5.56 Å². The number of benzene rings is 1. The molecule has 0 aliphatic heterocycles. The fourth-order valence-electron chi connectivity index (χ4n) is 2.00. The Labute approximate surface area is 84.5 Å². The highest BCUT2D eigenvalue weighted by Gasteiger charge is 2.38. The molecule has 1 aromatic carbocycles. The Balaban J connectivity index is 2.44. The van der Waals surface area contributed by atoms with Gasteiger partial charge in [0.15, 0.2) is 0 Å². The normalized spacial score (nSPS) is 19.4. The smallest absolute Gasteiger partial charge is 0.129 e. The molecule has 1 N–H and O–H groups in total. The summed E-state index contributed by atoms with van der Waals surface area (Å²) >= 11 is 0. The summed E-state index contributed by atoms with van der Waals surface area (Å²) in [5.41, 5.74) is 2.01. The van der Waals surface area contributed by atoms with Gasteiger partial charge in [-0.2, -0.15) is 0 Å². The molecule has 2 heteroatoms. The van der Waals surface area contributed by atoms with E-state index in [1.807, 2.05) is 18.2 Å². The quantitative estimate of drug-likeness (QED) is 0.739. The van der Waals surface area contributed by atoms with E-state index in [9.17, 15) is 5.11 Å². The topological polar surface area (TPSA) is 29.5 Å². The van der Waals surface area contributed by atoms with Gasteiger partial charge in [-0.3, -0.25) is 0 Å². The van der Waals surface area contributed by atoms with Crippen molar-refractivity contribution < 1.29 is 9.84 Å².